The summed E-state index contributed by atoms with van der Waals surface area (Å²) in [5, 5.41) is 13.4. The van der Waals surface area contributed by atoms with Crippen LogP contribution in [0.25, 0.3) is 0 Å². The van der Waals surface area contributed by atoms with E-state index in [0.29, 0.717) is 18.9 Å². The summed E-state index contributed by atoms with van der Waals surface area (Å²) < 4.78 is 0. The highest BCUT2D eigenvalue weighted by Gasteiger charge is 2.42. The van der Waals surface area contributed by atoms with Gasteiger partial charge in [-0.05, 0) is 48.1 Å². The predicted molar refractivity (Wildman–Crippen MR) is 132 cm³/mol. The molecule has 0 radical (unpaired) electrons. The van der Waals surface area contributed by atoms with Crippen molar-refractivity contribution >= 4 is 11.9 Å². The van der Waals surface area contributed by atoms with Gasteiger partial charge in [0.2, 0.25) is 5.91 Å². The van der Waals surface area contributed by atoms with Gasteiger partial charge in [-0.2, -0.15) is 0 Å². The Balaban J connectivity index is 1.47. The fourth-order valence-corrected chi connectivity index (χ4v) is 4.73. The van der Waals surface area contributed by atoms with Gasteiger partial charge < -0.3 is 15.3 Å². The molecule has 1 amide bonds. The first-order valence-corrected chi connectivity index (χ1v) is 11.8. The molecule has 0 bridgehead atoms. The van der Waals surface area contributed by atoms with Gasteiger partial charge in [-0.1, -0.05) is 73.7 Å². The van der Waals surface area contributed by atoms with E-state index in [1.54, 1.807) is 11.1 Å². The Morgan fingerprint density at radius 3 is 2.18 bits per heavy atom. The number of pyridine rings is 1. The predicted octanol–water partition coefficient (Wildman–Crippen LogP) is 4.05. The van der Waals surface area contributed by atoms with Crippen molar-refractivity contribution in [3.63, 3.8) is 0 Å². The Kier molecular flexibility index (Phi) is 7.70. The highest BCUT2D eigenvalue weighted by atomic mass is 16.4. The molecule has 1 saturated heterocycles. The highest BCUT2D eigenvalue weighted by molar-refractivity contribution is 5.91. The number of hydrogen-bond donors (Lipinski definition) is 2. The van der Waals surface area contributed by atoms with Gasteiger partial charge in [-0.15, -0.1) is 0 Å². The molecule has 34 heavy (non-hydrogen) atoms. The normalized spacial score (nSPS) is 18.7. The van der Waals surface area contributed by atoms with Crippen LogP contribution in [0.5, 0.6) is 0 Å². The SMILES string of the molecule is CC(CCN[C@H]1C[C@@H](C(=O)O)N(C(=O)C(c2ccccc2)c2ccccc2)C1)c1cccnc1. The van der Waals surface area contributed by atoms with E-state index in [9.17, 15) is 14.7 Å². The van der Waals surface area contributed by atoms with Gasteiger partial charge in [0.25, 0.3) is 0 Å². The van der Waals surface area contributed by atoms with Crippen LogP contribution in [0.2, 0.25) is 0 Å². The molecule has 0 saturated carbocycles. The second kappa shape index (κ2) is 11.1. The van der Waals surface area contributed by atoms with Crippen LogP contribution < -0.4 is 5.32 Å². The molecule has 4 rings (SSSR count). The van der Waals surface area contributed by atoms with Gasteiger partial charge in [0.15, 0.2) is 0 Å². The molecular formula is C28H31N3O3. The molecule has 1 aromatic heterocycles. The fraction of sp³-hybridized carbons (Fsp3) is 0.321. The van der Waals surface area contributed by atoms with Crippen molar-refractivity contribution < 1.29 is 14.7 Å². The molecule has 3 aromatic rings. The van der Waals surface area contributed by atoms with Crippen LogP contribution in [0.4, 0.5) is 0 Å². The summed E-state index contributed by atoms with van der Waals surface area (Å²) in [7, 11) is 0. The molecule has 2 heterocycles. The van der Waals surface area contributed by atoms with E-state index in [1.165, 1.54) is 5.56 Å². The quantitative estimate of drug-likeness (QED) is 0.507. The van der Waals surface area contributed by atoms with Crippen LogP contribution in [0, 0.1) is 0 Å². The van der Waals surface area contributed by atoms with E-state index in [0.717, 1.165) is 24.1 Å². The van der Waals surface area contributed by atoms with Crippen molar-refractivity contribution in [2.75, 3.05) is 13.1 Å². The molecule has 1 aliphatic rings. The molecule has 176 valence electrons. The Morgan fingerprint density at radius 1 is 1.00 bits per heavy atom. The van der Waals surface area contributed by atoms with Crippen molar-refractivity contribution in [1.82, 2.24) is 15.2 Å². The van der Waals surface area contributed by atoms with E-state index < -0.39 is 17.9 Å². The number of carboxylic acids is 1. The largest absolute Gasteiger partial charge is 0.480 e. The number of nitrogens with zero attached hydrogens (tertiary/aromatic N) is 2. The van der Waals surface area contributed by atoms with Crippen LogP contribution in [-0.4, -0.2) is 52.0 Å². The van der Waals surface area contributed by atoms with Crippen molar-refractivity contribution in [3.05, 3.63) is 102 Å². The monoisotopic (exact) mass is 457 g/mol. The first kappa shape index (κ1) is 23.6. The minimum atomic E-state index is -0.957. The lowest BCUT2D eigenvalue weighted by Crippen LogP contribution is -2.43. The summed E-state index contributed by atoms with van der Waals surface area (Å²) in [6.45, 7) is 3.29. The molecule has 0 spiro atoms. The molecule has 2 aromatic carbocycles. The lowest BCUT2D eigenvalue weighted by Gasteiger charge is -2.27. The average molecular weight is 458 g/mol. The Hall–Kier alpha value is -3.51. The first-order valence-electron chi connectivity index (χ1n) is 11.8. The topological polar surface area (TPSA) is 82.5 Å². The van der Waals surface area contributed by atoms with E-state index in [2.05, 4.69) is 23.3 Å². The van der Waals surface area contributed by atoms with Crippen LogP contribution in [0.15, 0.2) is 85.2 Å². The number of nitrogens with one attached hydrogen (secondary N) is 1. The number of carbonyl (C=O) groups excluding carboxylic acids is 1. The number of amides is 1. The smallest absolute Gasteiger partial charge is 0.326 e. The molecule has 1 unspecified atom stereocenters. The van der Waals surface area contributed by atoms with Crippen molar-refractivity contribution in [2.24, 2.45) is 0 Å². The zero-order valence-corrected chi connectivity index (χ0v) is 19.4. The number of carbonyl (C=O) groups is 2. The Bertz CT molecular complexity index is 1040. The minimum Gasteiger partial charge on any atom is -0.480 e. The number of rotatable bonds is 9. The standard InChI is InChI=1S/C28H31N3O3/c1-20(23-13-8-15-29-18-23)14-16-30-24-17-25(28(33)34)31(19-24)27(32)26(21-9-4-2-5-10-21)22-11-6-3-7-12-22/h2-13,15,18,20,24-26,30H,14,16-17,19H2,1H3,(H,33,34)/t20?,24-,25-/m0/s1. The third-order valence-electron chi connectivity index (χ3n) is 6.65. The zero-order valence-electron chi connectivity index (χ0n) is 19.4. The van der Waals surface area contributed by atoms with Gasteiger partial charge in [0, 0.05) is 25.0 Å². The third kappa shape index (κ3) is 5.51. The second-order valence-corrected chi connectivity index (χ2v) is 8.96. The third-order valence-corrected chi connectivity index (χ3v) is 6.65. The maximum Gasteiger partial charge on any atom is 0.326 e. The molecular weight excluding hydrogens is 426 g/mol. The van der Waals surface area contributed by atoms with Crippen LogP contribution in [0.1, 0.15) is 48.3 Å². The molecule has 3 atom stereocenters. The summed E-state index contributed by atoms with van der Waals surface area (Å²) in [6.07, 6.45) is 4.96. The van der Waals surface area contributed by atoms with Crippen LogP contribution in [0.3, 0.4) is 0 Å². The molecule has 0 aliphatic carbocycles. The summed E-state index contributed by atoms with van der Waals surface area (Å²) in [6, 6.07) is 22.3. The van der Waals surface area contributed by atoms with Crippen molar-refractivity contribution in [2.45, 2.75) is 43.7 Å². The number of carboxylic acid groups (broad SMARTS) is 1. The number of aromatic nitrogens is 1. The van der Waals surface area contributed by atoms with Gasteiger partial charge in [0.05, 0.1) is 5.92 Å². The molecule has 6 heteroatoms. The molecule has 2 N–H and O–H groups in total. The number of aliphatic carboxylic acids is 1. The van der Waals surface area contributed by atoms with Crippen LogP contribution >= 0.6 is 0 Å². The number of likely N-dealkylation sites (tertiary alicyclic amines) is 1. The summed E-state index contributed by atoms with van der Waals surface area (Å²) in [5.74, 6) is -1.32. The molecule has 6 nitrogen and oxygen atoms in total. The number of benzene rings is 2. The Morgan fingerprint density at radius 2 is 1.62 bits per heavy atom. The maximum atomic E-state index is 13.8. The Labute approximate surface area is 200 Å². The van der Waals surface area contributed by atoms with Gasteiger partial charge in [-0.3, -0.25) is 9.78 Å². The van der Waals surface area contributed by atoms with Crippen molar-refractivity contribution in [3.8, 4) is 0 Å². The average Bonchev–Trinajstić information content (AvgIpc) is 3.31. The van der Waals surface area contributed by atoms with Gasteiger partial charge in [0.1, 0.15) is 6.04 Å². The van der Waals surface area contributed by atoms with E-state index in [-0.39, 0.29) is 11.9 Å². The summed E-state index contributed by atoms with van der Waals surface area (Å²) >= 11 is 0. The second-order valence-electron chi connectivity index (χ2n) is 8.96. The summed E-state index contributed by atoms with van der Waals surface area (Å²) in [5.41, 5.74) is 2.92. The minimum absolute atomic E-state index is 0.0571. The number of hydrogen-bond acceptors (Lipinski definition) is 4. The fourth-order valence-electron chi connectivity index (χ4n) is 4.73. The highest BCUT2D eigenvalue weighted by Crippen LogP contribution is 2.30. The summed E-state index contributed by atoms with van der Waals surface area (Å²) in [4.78, 5) is 31.6. The zero-order chi connectivity index (χ0) is 23.9. The lowest BCUT2D eigenvalue weighted by atomic mass is 9.90. The first-order chi connectivity index (χ1) is 16.5. The maximum absolute atomic E-state index is 13.8. The molecule has 1 aliphatic heterocycles. The molecule has 1 fully saturated rings. The van der Waals surface area contributed by atoms with Gasteiger partial charge >= 0.3 is 5.97 Å². The van der Waals surface area contributed by atoms with Gasteiger partial charge in [-0.25, -0.2) is 4.79 Å². The van der Waals surface area contributed by atoms with E-state index in [4.69, 9.17) is 0 Å². The van der Waals surface area contributed by atoms with E-state index in [1.807, 2.05) is 72.9 Å². The van der Waals surface area contributed by atoms with Crippen molar-refractivity contribution in [1.29, 1.82) is 0 Å². The lowest BCUT2D eigenvalue weighted by molar-refractivity contribution is -0.148. The van der Waals surface area contributed by atoms with E-state index >= 15 is 0 Å². The van der Waals surface area contributed by atoms with Crippen LogP contribution in [-0.2, 0) is 9.59 Å².